The van der Waals surface area contributed by atoms with E-state index in [1.165, 1.54) is 11.8 Å². The lowest BCUT2D eigenvalue weighted by Crippen LogP contribution is -2.25. The number of ether oxygens (including phenoxy) is 4. The maximum Gasteiger partial charge on any atom is 0.514 e. The molecule has 0 aromatic heterocycles. The van der Waals surface area contributed by atoms with E-state index in [-0.39, 0.29) is 0 Å². The van der Waals surface area contributed by atoms with E-state index >= 15 is 0 Å². The van der Waals surface area contributed by atoms with Gasteiger partial charge in [-0.1, -0.05) is 11.8 Å². The zero-order chi connectivity index (χ0) is 21.7. The molecule has 0 N–H and O–H groups in total. The molecule has 0 saturated heterocycles. The summed E-state index contributed by atoms with van der Waals surface area (Å²) in [5, 5.41) is 0. The summed E-state index contributed by atoms with van der Waals surface area (Å²) in [6.45, 7) is 10.7. The minimum absolute atomic E-state index is 0.407. The van der Waals surface area contributed by atoms with Gasteiger partial charge < -0.3 is 18.9 Å². The average molecular weight is 419 g/mol. The van der Waals surface area contributed by atoms with Crippen LogP contribution in [0.5, 0.6) is 11.5 Å². The Labute approximate surface area is 175 Å². The van der Waals surface area contributed by atoms with Crippen LogP contribution in [0, 0.1) is 0 Å². The maximum absolute atomic E-state index is 11.7. The number of hydrogen-bond acceptors (Lipinski definition) is 7. The van der Waals surface area contributed by atoms with Crippen molar-refractivity contribution in [1.82, 2.24) is 0 Å². The zero-order valence-corrected chi connectivity index (χ0v) is 18.3. The largest absolute Gasteiger partial charge is 0.514 e. The summed E-state index contributed by atoms with van der Waals surface area (Å²) in [5.74, 6) is 0.814. The molecule has 29 heavy (non-hydrogen) atoms. The second-order valence-corrected chi connectivity index (χ2v) is 9.32. The van der Waals surface area contributed by atoms with E-state index in [0.717, 1.165) is 9.79 Å². The smallest absolute Gasteiger partial charge is 0.428 e. The van der Waals surface area contributed by atoms with Gasteiger partial charge in [0, 0.05) is 9.79 Å². The molecule has 0 saturated carbocycles. The highest BCUT2D eigenvalue weighted by Gasteiger charge is 2.19. The highest BCUT2D eigenvalue weighted by atomic mass is 32.2. The molecule has 7 heteroatoms. The van der Waals surface area contributed by atoms with E-state index < -0.39 is 23.5 Å². The van der Waals surface area contributed by atoms with Crippen molar-refractivity contribution in [3.05, 3.63) is 48.5 Å². The lowest BCUT2D eigenvalue weighted by molar-refractivity contribution is 0.0193. The quantitative estimate of drug-likeness (QED) is 0.416. The number of benzene rings is 2. The molecule has 0 amide bonds. The molecule has 0 atom stereocenters. The van der Waals surface area contributed by atoms with Crippen LogP contribution in [0.25, 0.3) is 0 Å². The van der Waals surface area contributed by atoms with Crippen molar-refractivity contribution in [2.45, 2.75) is 62.5 Å². The molecule has 0 unspecified atom stereocenters. The van der Waals surface area contributed by atoms with Gasteiger partial charge in [-0.25, -0.2) is 9.59 Å². The fourth-order valence-electron chi connectivity index (χ4n) is 2.02. The third kappa shape index (κ3) is 8.91. The van der Waals surface area contributed by atoms with E-state index in [2.05, 4.69) is 0 Å². The van der Waals surface area contributed by atoms with Gasteiger partial charge in [-0.2, -0.15) is 0 Å². The third-order valence-corrected chi connectivity index (χ3v) is 4.08. The standard InChI is InChI=1S/C22H26O6S/c1-21(2,3)27-19(23)25-15-7-11-17(12-8-15)29-18-13-9-16(10-14-18)26-20(24)28-22(4,5)6/h7-14H,1-6H3. The lowest BCUT2D eigenvalue weighted by Gasteiger charge is -2.18. The Morgan fingerprint density at radius 2 is 0.931 bits per heavy atom. The fourth-order valence-corrected chi connectivity index (χ4v) is 2.84. The van der Waals surface area contributed by atoms with Crippen LogP contribution in [0.4, 0.5) is 9.59 Å². The highest BCUT2D eigenvalue weighted by molar-refractivity contribution is 7.99. The normalized spacial score (nSPS) is 11.5. The summed E-state index contributed by atoms with van der Waals surface area (Å²) in [5.41, 5.74) is -1.21. The van der Waals surface area contributed by atoms with Crippen LogP contribution in [0.2, 0.25) is 0 Å². The van der Waals surface area contributed by atoms with Gasteiger partial charge in [0.15, 0.2) is 0 Å². The van der Waals surface area contributed by atoms with E-state index in [1.807, 2.05) is 24.3 Å². The summed E-state index contributed by atoms with van der Waals surface area (Å²) < 4.78 is 20.5. The summed E-state index contributed by atoms with van der Waals surface area (Å²) in [6, 6.07) is 14.2. The minimum Gasteiger partial charge on any atom is -0.428 e. The van der Waals surface area contributed by atoms with Crippen LogP contribution in [0.3, 0.4) is 0 Å². The van der Waals surface area contributed by atoms with E-state index in [1.54, 1.807) is 65.8 Å². The molecule has 2 rings (SSSR count). The molecule has 0 bridgehead atoms. The molecule has 2 aromatic rings. The van der Waals surface area contributed by atoms with Gasteiger partial charge in [0.2, 0.25) is 0 Å². The van der Waals surface area contributed by atoms with Crippen LogP contribution in [0.1, 0.15) is 41.5 Å². The highest BCUT2D eigenvalue weighted by Crippen LogP contribution is 2.30. The Bertz CT molecular complexity index is 758. The van der Waals surface area contributed by atoms with Crippen LogP contribution >= 0.6 is 11.8 Å². The fraction of sp³-hybridized carbons (Fsp3) is 0.364. The summed E-state index contributed by atoms with van der Waals surface area (Å²) in [4.78, 5) is 25.3. The predicted molar refractivity (Wildman–Crippen MR) is 111 cm³/mol. The Balaban J connectivity index is 1.90. The van der Waals surface area contributed by atoms with Crippen molar-refractivity contribution in [3.8, 4) is 11.5 Å². The SMILES string of the molecule is CC(C)(C)OC(=O)Oc1ccc(Sc2ccc(OC(=O)OC(C)(C)C)cc2)cc1. The number of rotatable bonds is 4. The summed E-state index contributed by atoms with van der Waals surface area (Å²) in [7, 11) is 0. The number of carbonyl (C=O) groups excluding carboxylic acids is 2. The molecule has 156 valence electrons. The summed E-state index contributed by atoms with van der Waals surface area (Å²) in [6.07, 6.45) is -1.48. The molecule has 0 spiro atoms. The van der Waals surface area contributed by atoms with Gasteiger partial charge in [-0.15, -0.1) is 0 Å². The first-order valence-electron chi connectivity index (χ1n) is 9.09. The predicted octanol–water partition coefficient (Wildman–Crippen LogP) is 6.47. The first-order valence-corrected chi connectivity index (χ1v) is 9.91. The van der Waals surface area contributed by atoms with Crippen molar-refractivity contribution < 1.29 is 28.5 Å². The van der Waals surface area contributed by atoms with Crippen LogP contribution < -0.4 is 9.47 Å². The molecule has 2 aromatic carbocycles. The average Bonchev–Trinajstić information content (AvgIpc) is 2.55. The van der Waals surface area contributed by atoms with Crippen LogP contribution in [0.15, 0.2) is 58.3 Å². The van der Waals surface area contributed by atoms with Crippen molar-refractivity contribution >= 4 is 24.1 Å². The van der Waals surface area contributed by atoms with Gasteiger partial charge in [0.05, 0.1) is 0 Å². The molecule has 0 aliphatic carbocycles. The van der Waals surface area contributed by atoms with Gasteiger partial charge in [-0.3, -0.25) is 0 Å². The van der Waals surface area contributed by atoms with E-state index in [4.69, 9.17) is 18.9 Å². The second kappa shape index (κ2) is 9.22. The Morgan fingerprint density at radius 3 is 1.21 bits per heavy atom. The molecule has 0 aliphatic rings. The molecule has 6 nitrogen and oxygen atoms in total. The van der Waals surface area contributed by atoms with Gasteiger partial charge in [0.25, 0.3) is 0 Å². The Morgan fingerprint density at radius 1 is 0.621 bits per heavy atom. The number of hydrogen-bond donors (Lipinski definition) is 0. The number of carbonyl (C=O) groups is 2. The van der Waals surface area contributed by atoms with Crippen LogP contribution in [-0.4, -0.2) is 23.5 Å². The first kappa shape index (κ1) is 22.6. The molecule has 0 fully saturated rings. The van der Waals surface area contributed by atoms with Crippen molar-refractivity contribution in [3.63, 3.8) is 0 Å². The van der Waals surface area contributed by atoms with Crippen molar-refractivity contribution in [2.24, 2.45) is 0 Å². The van der Waals surface area contributed by atoms with E-state index in [0.29, 0.717) is 11.5 Å². The molecular weight excluding hydrogens is 392 g/mol. The molecule has 0 radical (unpaired) electrons. The Hall–Kier alpha value is -2.67. The van der Waals surface area contributed by atoms with Crippen LogP contribution in [-0.2, 0) is 9.47 Å². The molecule has 0 heterocycles. The lowest BCUT2D eigenvalue weighted by atomic mass is 10.2. The van der Waals surface area contributed by atoms with Gasteiger partial charge >= 0.3 is 12.3 Å². The zero-order valence-electron chi connectivity index (χ0n) is 17.5. The Kier molecular flexibility index (Phi) is 7.19. The first-order chi connectivity index (χ1) is 13.4. The molecule has 0 aliphatic heterocycles. The molecular formula is C22H26O6S. The summed E-state index contributed by atoms with van der Waals surface area (Å²) >= 11 is 1.52. The van der Waals surface area contributed by atoms with E-state index in [9.17, 15) is 9.59 Å². The third-order valence-electron chi connectivity index (χ3n) is 3.06. The second-order valence-electron chi connectivity index (χ2n) is 8.18. The maximum atomic E-state index is 11.7. The van der Waals surface area contributed by atoms with Gasteiger partial charge in [0.1, 0.15) is 22.7 Å². The topological polar surface area (TPSA) is 71.1 Å². The van der Waals surface area contributed by atoms with Crippen molar-refractivity contribution in [1.29, 1.82) is 0 Å². The van der Waals surface area contributed by atoms with Crippen molar-refractivity contribution in [2.75, 3.05) is 0 Å². The minimum atomic E-state index is -0.738. The van der Waals surface area contributed by atoms with Gasteiger partial charge in [-0.05, 0) is 90.1 Å². The monoisotopic (exact) mass is 418 g/mol.